The first kappa shape index (κ1) is 20.1. The summed E-state index contributed by atoms with van der Waals surface area (Å²) >= 11 is 3.33. The second-order valence-electron chi connectivity index (χ2n) is 6.05. The molecule has 3 rings (SSSR count). The Bertz CT molecular complexity index is 1050. The lowest BCUT2D eigenvalue weighted by Gasteiger charge is -2.23. The molecule has 0 unspecified atom stereocenters. The minimum atomic E-state index is -4.08. The van der Waals surface area contributed by atoms with Crippen LogP contribution in [-0.2, 0) is 14.8 Å². The van der Waals surface area contributed by atoms with Crippen molar-refractivity contribution in [3.05, 3.63) is 88.9 Å². The predicted molar refractivity (Wildman–Crippen MR) is 112 cm³/mol. The highest BCUT2D eigenvalue weighted by atomic mass is 79.9. The van der Waals surface area contributed by atoms with Gasteiger partial charge in [0.05, 0.1) is 10.6 Å². The van der Waals surface area contributed by atoms with E-state index in [1.165, 1.54) is 12.1 Å². The molecule has 0 aliphatic rings. The van der Waals surface area contributed by atoms with E-state index < -0.39 is 22.5 Å². The van der Waals surface area contributed by atoms with Crippen molar-refractivity contribution in [2.75, 3.05) is 10.9 Å². The summed E-state index contributed by atoms with van der Waals surface area (Å²) in [7, 11) is -4.08. The van der Waals surface area contributed by atoms with Gasteiger partial charge >= 0.3 is 0 Å². The molecule has 0 saturated heterocycles. The zero-order valence-electron chi connectivity index (χ0n) is 15.1. The summed E-state index contributed by atoms with van der Waals surface area (Å²) < 4.78 is 33.5. The maximum Gasteiger partial charge on any atom is 0.278 e. The number of aryl methyl sites for hydroxylation is 1. The first-order valence-electron chi connectivity index (χ1n) is 8.46. The Morgan fingerprint density at radius 3 is 2.14 bits per heavy atom. The van der Waals surface area contributed by atoms with E-state index in [0.717, 1.165) is 14.3 Å². The van der Waals surface area contributed by atoms with Crippen LogP contribution in [0.3, 0.4) is 0 Å². The van der Waals surface area contributed by atoms with Gasteiger partial charge in [-0.2, -0.15) is 4.31 Å². The lowest BCUT2D eigenvalue weighted by molar-refractivity contribution is -0.119. The van der Waals surface area contributed by atoms with Gasteiger partial charge in [0.2, 0.25) is 0 Å². The highest BCUT2D eigenvalue weighted by molar-refractivity contribution is 9.10. The SMILES string of the molecule is Cc1ccc(N(C(=O)COc2ccc(Br)cc2)S(=O)(=O)c2ccccc2)cc1. The van der Waals surface area contributed by atoms with Gasteiger partial charge in [-0.25, -0.2) is 8.42 Å². The van der Waals surface area contributed by atoms with E-state index in [9.17, 15) is 13.2 Å². The molecule has 0 aromatic heterocycles. The van der Waals surface area contributed by atoms with Gasteiger partial charge in [-0.1, -0.05) is 51.8 Å². The van der Waals surface area contributed by atoms with Crippen molar-refractivity contribution in [1.82, 2.24) is 0 Å². The number of carbonyl (C=O) groups excluding carboxylic acids is 1. The van der Waals surface area contributed by atoms with E-state index in [2.05, 4.69) is 15.9 Å². The average molecular weight is 460 g/mol. The minimum Gasteiger partial charge on any atom is -0.484 e. The molecule has 5 nitrogen and oxygen atoms in total. The van der Waals surface area contributed by atoms with Crippen molar-refractivity contribution in [2.45, 2.75) is 11.8 Å². The number of nitrogens with zero attached hydrogens (tertiary/aromatic N) is 1. The van der Waals surface area contributed by atoms with Crippen LogP contribution in [0.2, 0.25) is 0 Å². The number of carbonyl (C=O) groups is 1. The Kier molecular flexibility index (Phi) is 6.16. The minimum absolute atomic E-state index is 0.0348. The first-order chi connectivity index (χ1) is 13.4. The summed E-state index contributed by atoms with van der Waals surface area (Å²) in [5, 5.41) is 0. The van der Waals surface area contributed by atoms with E-state index in [1.807, 2.05) is 6.92 Å². The third-order valence-corrected chi connectivity index (χ3v) is 6.24. The fourth-order valence-corrected chi connectivity index (χ4v) is 4.23. The van der Waals surface area contributed by atoms with Crippen molar-refractivity contribution >= 4 is 37.5 Å². The van der Waals surface area contributed by atoms with Gasteiger partial charge in [0.15, 0.2) is 6.61 Å². The van der Waals surface area contributed by atoms with Gasteiger partial charge < -0.3 is 4.74 Å². The molecule has 3 aromatic carbocycles. The van der Waals surface area contributed by atoms with Crippen LogP contribution in [0.4, 0.5) is 5.69 Å². The molecule has 0 heterocycles. The fourth-order valence-electron chi connectivity index (χ4n) is 2.53. The van der Waals surface area contributed by atoms with E-state index in [4.69, 9.17) is 4.74 Å². The Hall–Kier alpha value is -2.64. The maximum atomic E-state index is 13.2. The number of anilines is 1. The molecule has 7 heteroatoms. The molecule has 0 saturated carbocycles. The quantitative estimate of drug-likeness (QED) is 0.541. The largest absolute Gasteiger partial charge is 0.484 e. The number of rotatable bonds is 6. The van der Waals surface area contributed by atoms with Crippen molar-refractivity contribution in [1.29, 1.82) is 0 Å². The summed E-state index contributed by atoms with van der Waals surface area (Å²) in [4.78, 5) is 12.9. The topological polar surface area (TPSA) is 63.7 Å². The molecule has 0 fully saturated rings. The number of benzene rings is 3. The lowest BCUT2D eigenvalue weighted by Crippen LogP contribution is -2.40. The van der Waals surface area contributed by atoms with Gasteiger partial charge in [0, 0.05) is 4.47 Å². The van der Waals surface area contributed by atoms with Crippen LogP contribution in [0.5, 0.6) is 5.75 Å². The standard InChI is InChI=1S/C21H18BrNO4S/c1-16-7-11-18(12-8-16)23(28(25,26)20-5-3-2-4-6-20)21(24)15-27-19-13-9-17(22)10-14-19/h2-14H,15H2,1H3. The highest BCUT2D eigenvalue weighted by Gasteiger charge is 2.31. The van der Waals surface area contributed by atoms with E-state index >= 15 is 0 Å². The van der Waals surface area contributed by atoms with Crippen LogP contribution in [0.1, 0.15) is 5.56 Å². The predicted octanol–water partition coefficient (Wildman–Crippen LogP) is 4.56. The van der Waals surface area contributed by atoms with Crippen molar-refractivity contribution < 1.29 is 17.9 Å². The van der Waals surface area contributed by atoms with E-state index in [-0.39, 0.29) is 10.6 Å². The molecule has 1 amide bonds. The Labute approximate surface area is 172 Å². The average Bonchev–Trinajstić information content (AvgIpc) is 2.70. The molecule has 0 aliphatic heterocycles. The Morgan fingerprint density at radius 2 is 1.54 bits per heavy atom. The van der Waals surface area contributed by atoms with Gasteiger partial charge in [-0.05, 0) is 55.5 Å². The molecule has 0 radical (unpaired) electrons. The number of hydrogen-bond donors (Lipinski definition) is 0. The Balaban J connectivity index is 1.92. The molecule has 0 N–H and O–H groups in total. The summed E-state index contributed by atoms with van der Waals surface area (Å²) in [6.45, 7) is 1.47. The van der Waals surface area contributed by atoms with Gasteiger partial charge in [0.1, 0.15) is 5.75 Å². The van der Waals surface area contributed by atoms with E-state index in [1.54, 1.807) is 66.7 Å². The molecule has 0 bridgehead atoms. The molecular formula is C21H18BrNO4S. The summed E-state index contributed by atoms with van der Waals surface area (Å²) in [5.74, 6) is -0.215. The highest BCUT2D eigenvalue weighted by Crippen LogP contribution is 2.25. The third-order valence-electron chi connectivity index (χ3n) is 3.95. The van der Waals surface area contributed by atoms with Crippen molar-refractivity contribution in [3.63, 3.8) is 0 Å². The summed E-state index contributed by atoms with van der Waals surface area (Å²) in [6.07, 6.45) is 0. The molecule has 0 atom stereocenters. The summed E-state index contributed by atoms with van der Waals surface area (Å²) in [5.41, 5.74) is 1.22. The second kappa shape index (κ2) is 8.58. The van der Waals surface area contributed by atoms with Crippen LogP contribution < -0.4 is 9.04 Å². The number of sulfonamides is 1. The van der Waals surface area contributed by atoms with Gasteiger partial charge in [0.25, 0.3) is 15.9 Å². The molecule has 144 valence electrons. The van der Waals surface area contributed by atoms with Gasteiger partial charge in [-0.15, -0.1) is 0 Å². The smallest absolute Gasteiger partial charge is 0.278 e. The Morgan fingerprint density at radius 1 is 0.929 bits per heavy atom. The van der Waals surface area contributed by atoms with Crippen LogP contribution in [0.15, 0.2) is 88.2 Å². The zero-order valence-corrected chi connectivity index (χ0v) is 17.5. The van der Waals surface area contributed by atoms with Crippen LogP contribution >= 0.6 is 15.9 Å². The second-order valence-corrected chi connectivity index (χ2v) is 8.76. The zero-order chi connectivity index (χ0) is 20.1. The molecule has 0 aliphatic carbocycles. The van der Waals surface area contributed by atoms with Crippen LogP contribution in [-0.4, -0.2) is 20.9 Å². The third kappa shape index (κ3) is 4.61. The number of hydrogen-bond acceptors (Lipinski definition) is 4. The molecule has 28 heavy (non-hydrogen) atoms. The first-order valence-corrected chi connectivity index (χ1v) is 10.7. The monoisotopic (exact) mass is 459 g/mol. The fraction of sp³-hybridized carbons (Fsp3) is 0.0952. The number of amides is 1. The van der Waals surface area contributed by atoms with Crippen LogP contribution in [0.25, 0.3) is 0 Å². The number of halogens is 1. The van der Waals surface area contributed by atoms with Crippen molar-refractivity contribution in [2.24, 2.45) is 0 Å². The van der Waals surface area contributed by atoms with Gasteiger partial charge in [-0.3, -0.25) is 4.79 Å². The maximum absolute atomic E-state index is 13.2. The van der Waals surface area contributed by atoms with E-state index in [0.29, 0.717) is 5.75 Å². The number of ether oxygens (including phenoxy) is 1. The molecule has 3 aromatic rings. The summed E-state index contributed by atoms with van der Waals surface area (Å²) in [6, 6.07) is 21.5. The normalized spacial score (nSPS) is 11.1. The van der Waals surface area contributed by atoms with Crippen LogP contribution in [0, 0.1) is 6.92 Å². The van der Waals surface area contributed by atoms with Crippen molar-refractivity contribution in [3.8, 4) is 5.75 Å². The molecule has 0 spiro atoms. The molecular weight excluding hydrogens is 442 g/mol. The lowest BCUT2D eigenvalue weighted by atomic mass is 10.2.